The van der Waals surface area contributed by atoms with E-state index >= 15 is 0 Å². The lowest BCUT2D eigenvalue weighted by Gasteiger charge is -2.21. The first-order valence-electron chi connectivity index (χ1n) is 9.39. The van der Waals surface area contributed by atoms with Gasteiger partial charge in [0.15, 0.2) is 0 Å². The van der Waals surface area contributed by atoms with Crippen LogP contribution in [-0.2, 0) is 18.3 Å². The summed E-state index contributed by atoms with van der Waals surface area (Å²) >= 11 is 1.62. The second kappa shape index (κ2) is 7.66. The molecule has 144 valence electrons. The van der Waals surface area contributed by atoms with Crippen LogP contribution in [0, 0.1) is 11.3 Å². The van der Waals surface area contributed by atoms with Gasteiger partial charge in [-0.25, -0.2) is 0 Å². The summed E-state index contributed by atoms with van der Waals surface area (Å²) in [6.45, 7) is 1.47. The van der Waals surface area contributed by atoms with Crippen LogP contribution in [0.25, 0.3) is 10.9 Å². The molecular weight excluding hydrogens is 370 g/mol. The molecule has 1 amide bonds. The molecule has 1 saturated heterocycles. The first-order valence-corrected chi connectivity index (χ1v) is 10.3. The number of nitriles is 1. The van der Waals surface area contributed by atoms with E-state index in [2.05, 4.69) is 20.9 Å². The monoisotopic (exact) mass is 393 g/mol. The lowest BCUT2D eigenvalue weighted by Crippen LogP contribution is -2.47. The van der Waals surface area contributed by atoms with Crippen molar-refractivity contribution in [3.63, 3.8) is 0 Å². The summed E-state index contributed by atoms with van der Waals surface area (Å²) in [6, 6.07) is 13.8. The zero-order valence-electron chi connectivity index (χ0n) is 15.8. The minimum atomic E-state index is -0.542. The Morgan fingerprint density at radius 1 is 1.39 bits per heavy atom. The van der Waals surface area contributed by atoms with Crippen LogP contribution in [0.4, 0.5) is 5.82 Å². The van der Waals surface area contributed by atoms with E-state index in [1.807, 2.05) is 48.8 Å². The van der Waals surface area contributed by atoms with Gasteiger partial charge in [0.1, 0.15) is 17.5 Å². The smallest absolute Gasteiger partial charge is 0.237 e. The number of thiophene rings is 1. The summed E-state index contributed by atoms with van der Waals surface area (Å²) in [5, 5.41) is 15.8. The van der Waals surface area contributed by atoms with Gasteiger partial charge in [-0.3, -0.25) is 4.79 Å². The maximum atomic E-state index is 12.5. The van der Waals surface area contributed by atoms with Crippen molar-refractivity contribution in [2.24, 2.45) is 12.8 Å². The SMILES string of the molecule is Cn1c(N2CCC(NC(=O)C(N)Cc3cccs3)C2)c(C#N)c2ccccc21. The number of hydrogen-bond donors (Lipinski definition) is 2. The van der Waals surface area contributed by atoms with Crippen molar-refractivity contribution in [1.82, 2.24) is 9.88 Å². The van der Waals surface area contributed by atoms with Gasteiger partial charge in [0.05, 0.1) is 11.6 Å². The molecule has 0 radical (unpaired) electrons. The minimum absolute atomic E-state index is 0.0337. The van der Waals surface area contributed by atoms with Crippen LogP contribution < -0.4 is 16.0 Å². The highest BCUT2D eigenvalue weighted by Crippen LogP contribution is 2.33. The highest BCUT2D eigenvalue weighted by Gasteiger charge is 2.29. The van der Waals surface area contributed by atoms with Crippen molar-refractivity contribution < 1.29 is 4.79 Å². The number of fused-ring (bicyclic) bond motifs is 1. The highest BCUT2D eigenvalue weighted by atomic mass is 32.1. The Kier molecular flexibility index (Phi) is 5.07. The number of benzene rings is 1. The summed E-state index contributed by atoms with van der Waals surface area (Å²) in [7, 11) is 1.99. The van der Waals surface area contributed by atoms with Gasteiger partial charge in [0, 0.05) is 42.9 Å². The average molecular weight is 394 g/mol. The highest BCUT2D eigenvalue weighted by molar-refractivity contribution is 7.09. The molecule has 0 aliphatic carbocycles. The van der Waals surface area contributed by atoms with Crippen molar-refractivity contribution in [2.45, 2.75) is 24.9 Å². The molecule has 3 N–H and O–H groups in total. The van der Waals surface area contributed by atoms with Crippen LogP contribution >= 0.6 is 11.3 Å². The number of carbonyl (C=O) groups is 1. The quantitative estimate of drug-likeness (QED) is 0.697. The fourth-order valence-electron chi connectivity index (χ4n) is 3.98. The number of carbonyl (C=O) groups excluding carboxylic acids is 1. The lowest BCUT2D eigenvalue weighted by molar-refractivity contribution is -0.122. The lowest BCUT2D eigenvalue weighted by atomic mass is 10.1. The van der Waals surface area contributed by atoms with E-state index in [0.29, 0.717) is 18.5 Å². The molecule has 1 aliphatic heterocycles. The van der Waals surface area contributed by atoms with Crippen molar-refractivity contribution in [3.8, 4) is 6.07 Å². The first-order chi connectivity index (χ1) is 13.6. The Morgan fingerprint density at radius 2 is 2.21 bits per heavy atom. The van der Waals surface area contributed by atoms with Gasteiger partial charge in [-0.2, -0.15) is 5.26 Å². The number of rotatable bonds is 5. The molecule has 3 heterocycles. The standard InChI is InChI=1S/C21H23N5OS/c1-25-19-7-3-2-6-16(19)17(12-22)21(25)26-9-8-14(13-26)24-20(27)18(23)11-15-5-4-10-28-15/h2-7,10,14,18H,8-9,11,13,23H2,1H3,(H,24,27). The molecule has 2 atom stereocenters. The Labute approximate surface area is 168 Å². The van der Waals surface area contributed by atoms with Gasteiger partial charge in [-0.15, -0.1) is 11.3 Å². The number of amides is 1. The van der Waals surface area contributed by atoms with E-state index in [4.69, 9.17) is 5.73 Å². The van der Waals surface area contributed by atoms with Gasteiger partial charge in [0.25, 0.3) is 0 Å². The van der Waals surface area contributed by atoms with E-state index in [1.54, 1.807) is 11.3 Å². The normalized spacial score (nSPS) is 17.6. The molecule has 0 saturated carbocycles. The molecule has 6 nitrogen and oxygen atoms in total. The Hall–Kier alpha value is -2.82. The predicted octanol–water partition coefficient (Wildman–Crippen LogP) is 2.38. The molecule has 3 aromatic rings. The van der Waals surface area contributed by atoms with Crippen LogP contribution in [0.15, 0.2) is 41.8 Å². The van der Waals surface area contributed by atoms with Crippen LogP contribution in [0.3, 0.4) is 0 Å². The minimum Gasteiger partial charge on any atom is -0.355 e. The third-order valence-corrected chi connectivity index (χ3v) is 6.26. The molecular formula is C21H23N5OS. The number of nitrogens with one attached hydrogen (secondary N) is 1. The predicted molar refractivity (Wildman–Crippen MR) is 112 cm³/mol. The number of nitrogens with two attached hydrogens (primary N) is 1. The maximum absolute atomic E-state index is 12.5. The van der Waals surface area contributed by atoms with Crippen LogP contribution in [-0.4, -0.2) is 35.6 Å². The van der Waals surface area contributed by atoms with E-state index in [1.165, 1.54) is 0 Å². The van der Waals surface area contributed by atoms with Gasteiger partial charge >= 0.3 is 0 Å². The zero-order chi connectivity index (χ0) is 19.7. The van der Waals surface area contributed by atoms with E-state index in [0.717, 1.165) is 34.6 Å². The second-order valence-electron chi connectivity index (χ2n) is 7.22. The molecule has 1 aliphatic rings. The fourth-order valence-corrected chi connectivity index (χ4v) is 4.74. The number of aryl methyl sites for hydroxylation is 1. The number of anilines is 1. The van der Waals surface area contributed by atoms with Crippen LogP contribution in [0.2, 0.25) is 0 Å². The molecule has 4 rings (SSSR count). The molecule has 7 heteroatoms. The number of nitrogens with zero attached hydrogens (tertiary/aromatic N) is 3. The number of para-hydroxylation sites is 1. The molecule has 2 unspecified atom stereocenters. The Morgan fingerprint density at radius 3 is 2.96 bits per heavy atom. The van der Waals surface area contributed by atoms with Gasteiger partial charge in [-0.05, 0) is 23.9 Å². The first kappa shape index (κ1) is 18.5. The topological polar surface area (TPSA) is 87.1 Å². The zero-order valence-corrected chi connectivity index (χ0v) is 16.6. The number of hydrogen-bond acceptors (Lipinski definition) is 5. The largest absolute Gasteiger partial charge is 0.355 e. The third-order valence-electron chi connectivity index (χ3n) is 5.36. The molecule has 1 aromatic carbocycles. The van der Waals surface area contributed by atoms with Crippen molar-refractivity contribution >= 4 is 34.0 Å². The number of aromatic nitrogens is 1. The molecule has 2 aromatic heterocycles. The van der Waals surface area contributed by atoms with Crippen LogP contribution in [0.5, 0.6) is 0 Å². The fraction of sp³-hybridized carbons (Fsp3) is 0.333. The van der Waals surface area contributed by atoms with Crippen molar-refractivity contribution in [1.29, 1.82) is 5.26 Å². The van der Waals surface area contributed by atoms with Crippen molar-refractivity contribution in [3.05, 3.63) is 52.2 Å². The third kappa shape index (κ3) is 3.37. The van der Waals surface area contributed by atoms with E-state index in [9.17, 15) is 10.1 Å². The Bertz CT molecular complexity index is 1030. The maximum Gasteiger partial charge on any atom is 0.237 e. The van der Waals surface area contributed by atoms with E-state index < -0.39 is 6.04 Å². The molecule has 1 fully saturated rings. The van der Waals surface area contributed by atoms with E-state index in [-0.39, 0.29) is 11.9 Å². The Balaban J connectivity index is 1.46. The molecule has 0 spiro atoms. The van der Waals surface area contributed by atoms with Gasteiger partial charge in [0.2, 0.25) is 5.91 Å². The molecule has 28 heavy (non-hydrogen) atoms. The summed E-state index contributed by atoms with van der Waals surface area (Å²) < 4.78 is 2.07. The summed E-state index contributed by atoms with van der Waals surface area (Å²) in [4.78, 5) is 15.8. The summed E-state index contributed by atoms with van der Waals surface area (Å²) in [6.07, 6.45) is 1.39. The summed E-state index contributed by atoms with van der Waals surface area (Å²) in [5.74, 6) is 0.807. The summed E-state index contributed by atoms with van der Waals surface area (Å²) in [5.41, 5.74) is 7.82. The van der Waals surface area contributed by atoms with Crippen LogP contribution in [0.1, 0.15) is 16.9 Å². The molecule has 0 bridgehead atoms. The average Bonchev–Trinajstić information content (AvgIpc) is 3.42. The van der Waals surface area contributed by atoms with Gasteiger partial charge < -0.3 is 20.5 Å². The van der Waals surface area contributed by atoms with Gasteiger partial charge in [-0.1, -0.05) is 24.3 Å². The van der Waals surface area contributed by atoms with Crippen molar-refractivity contribution in [2.75, 3.05) is 18.0 Å². The second-order valence-corrected chi connectivity index (χ2v) is 8.25.